The summed E-state index contributed by atoms with van der Waals surface area (Å²) in [4.78, 5) is 11.9. The van der Waals surface area contributed by atoms with Gasteiger partial charge in [-0.15, -0.1) is 0 Å². The molecule has 1 N–H and O–H groups in total. The van der Waals surface area contributed by atoms with Crippen molar-refractivity contribution in [2.45, 2.75) is 6.54 Å². The molecule has 1 amide bonds. The zero-order chi connectivity index (χ0) is 13.8. The van der Waals surface area contributed by atoms with Crippen LogP contribution in [-0.2, 0) is 6.54 Å². The maximum atomic E-state index is 13.5. The Labute approximate surface area is 117 Å². The van der Waals surface area contributed by atoms with Crippen LogP contribution in [0.4, 0.5) is 8.78 Å². The Hall–Kier alpha value is -1.75. The number of carbonyl (C=O) groups excluding carboxylic acids is 1. The lowest BCUT2D eigenvalue weighted by Crippen LogP contribution is -2.24. The van der Waals surface area contributed by atoms with Crippen molar-refractivity contribution in [3.63, 3.8) is 0 Å². The second-order valence-electron chi connectivity index (χ2n) is 3.91. The van der Waals surface area contributed by atoms with Gasteiger partial charge in [0.15, 0.2) is 0 Å². The summed E-state index contributed by atoms with van der Waals surface area (Å²) in [5, 5.41) is 2.55. The minimum absolute atomic E-state index is 0.0566. The molecule has 19 heavy (non-hydrogen) atoms. The van der Waals surface area contributed by atoms with Gasteiger partial charge in [-0.25, -0.2) is 8.78 Å². The van der Waals surface area contributed by atoms with Crippen LogP contribution in [-0.4, -0.2) is 5.91 Å². The molecule has 0 atom stereocenters. The highest BCUT2D eigenvalue weighted by molar-refractivity contribution is 9.10. The van der Waals surface area contributed by atoms with Crippen LogP contribution >= 0.6 is 15.9 Å². The van der Waals surface area contributed by atoms with Gasteiger partial charge in [-0.1, -0.05) is 18.2 Å². The third-order valence-electron chi connectivity index (χ3n) is 2.53. The summed E-state index contributed by atoms with van der Waals surface area (Å²) in [7, 11) is 0. The Morgan fingerprint density at radius 3 is 2.58 bits per heavy atom. The Morgan fingerprint density at radius 1 is 1.16 bits per heavy atom. The smallest absolute Gasteiger partial charge is 0.255 e. The lowest BCUT2D eigenvalue weighted by atomic mass is 10.2. The number of nitrogens with one attached hydrogen (secondary N) is 1. The number of halogens is 3. The van der Waals surface area contributed by atoms with Crippen LogP contribution in [0.5, 0.6) is 0 Å². The summed E-state index contributed by atoms with van der Waals surface area (Å²) >= 11 is 3.12. The molecule has 0 unspecified atom stereocenters. The molecule has 2 nitrogen and oxygen atoms in total. The van der Waals surface area contributed by atoms with Crippen molar-refractivity contribution in [2.24, 2.45) is 0 Å². The van der Waals surface area contributed by atoms with Crippen LogP contribution in [0.3, 0.4) is 0 Å². The topological polar surface area (TPSA) is 29.1 Å². The Morgan fingerprint density at radius 2 is 1.89 bits per heavy atom. The molecular formula is C14H10BrF2NO. The molecule has 2 rings (SSSR count). The Balaban J connectivity index is 2.10. The first-order valence-electron chi connectivity index (χ1n) is 5.54. The largest absolute Gasteiger partial charge is 0.348 e. The van der Waals surface area contributed by atoms with Crippen molar-refractivity contribution in [3.8, 4) is 0 Å². The average Bonchev–Trinajstić information content (AvgIpc) is 2.36. The fourth-order valence-corrected chi connectivity index (χ4v) is 2.15. The van der Waals surface area contributed by atoms with Crippen LogP contribution in [0, 0.1) is 11.6 Å². The number of carbonyl (C=O) groups is 1. The van der Waals surface area contributed by atoms with E-state index in [2.05, 4.69) is 21.2 Å². The maximum absolute atomic E-state index is 13.5. The number of benzene rings is 2. The monoisotopic (exact) mass is 325 g/mol. The molecule has 0 spiro atoms. The van der Waals surface area contributed by atoms with E-state index in [0.717, 1.165) is 0 Å². The third-order valence-corrected chi connectivity index (χ3v) is 3.19. The van der Waals surface area contributed by atoms with Gasteiger partial charge < -0.3 is 5.32 Å². The molecule has 0 heterocycles. The zero-order valence-corrected chi connectivity index (χ0v) is 11.4. The summed E-state index contributed by atoms with van der Waals surface area (Å²) in [6, 6.07) is 10.2. The highest BCUT2D eigenvalue weighted by Gasteiger charge is 2.14. The van der Waals surface area contributed by atoms with Gasteiger partial charge in [-0.05, 0) is 45.8 Å². The molecule has 0 aliphatic heterocycles. The average molecular weight is 326 g/mol. The van der Waals surface area contributed by atoms with Gasteiger partial charge in [-0.3, -0.25) is 4.79 Å². The first kappa shape index (κ1) is 13.7. The minimum Gasteiger partial charge on any atom is -0.348 e. The van der Waals surface area contributed by atoms with Crippen LogP contribution in [0.2, 0.25) is 0 Å². The molecule has 2 aromatic carbocycles. The van der Waals surface area contributed by atoms with E-state index in [9.17, 15) is 13.6 Å². The second-order valence-corrected chi connectivity index (χ2v) is 4.76. The van der Waals surface area contributed by atoms with Crippen molar-refractivity contribution in [2.75, 3.05) is 0 Å². The van der Waals surface area contributed by atoms with Crippen molar-refractivity contribution >= 4 is 21.8 Å². The van der Waals surface area contributed by atoms with Gasteiger partial charge in [0.2, 0.25) is 0 Å². The van der Waals surface area contributed by atoms with Gasteiger partial charge >= 0.3 is 0 Å². The van der Waals surface area contributed by atoms with Crippen LogP contribution in [0.1, 0.15) is 15.9 Å². The van der Waals surface area contributed by atoms with Crippen LogP contribution in [0.25, 0.3) is 0 Å². The second kappa shape index (κ2) is 5.93. The molecule has 0 saturated heterocycles. The van der Waals surface area contributed by atoms with Crippen LogP contribution in [0.15, 0.2) is 46.9 Å². The fraction of sp³-hybridized carbons (Fsp3) is 0.0714. The molecule has 0 aliphatic carbocycles. The number of hydrogen-bond acceptors (Lipinski definition) is 1. The summed E-state index contributed by atoms with van der Waals surface area (Å²) in [6.45, 7) is 0.136. The van der Waals surface area contributed by atoms with Crippen molar-refractivity contribution < 1.29 is 13.6 Å². The van der Waals surface area contributed by atoms with Crippen LogP contribution < -0.4 is 5.32 Å². The molecule has 0 radical (unpaired) electrons. The van der Waals surface area contributed by atoms with Gasteiger partial charge in [-0.2, -0.15) is 0 Å². The van der Waals surface area contributed by atoms with E-state index in [-0.39, 0.29) is 17.9 Å². The minimum atomic E-state index is -0.605. The summed E-state index contributed by atoms with van der Waals surface area (Å²) in [6.07, 6.45) is 0. The number of rotatable bonds is 3. The molecule has 0 bridgehead atoms. The summed E-state index contributed by atoms with van der Waals surface area (Å²) < 4.78 is 26.9. The van der Waals surface area contributed by atoms with E-state index in [4.69, 9.17) is 0 Å². The first-order chi connectivity index (χ1) is 9.08. The van der Waals surface area contributed by atoms with Crippen molar-refractivity contribution in [1.82, 2.24) is 5.32 Å². The third kappa shape index (κ3) is 3.38. The molecule has 5 heteroatoms. The molecule has 0 aliphatic rings. The lowest BCUT2D eigenvalue weighted by molar-refractivity contribution is 0.0946. The molecule has 0 fully saturated rings. The van der Waals surface area contributed by atoms with E-state index in [1.54, 1.807) is 18.2 Å². The quantitative estimate of drug-likeness (QED) is 0.916. The maximum Gasteiger partial charge on any atom is 0.255 e. The standard InChI is InChI=1S/C14H10BrF2NO/c15-11-5-2-6-12(17)13(11)14(19)18-8-9-3-1-4-10(16)7-9/h1-7H,8H2,(H,18,19). The van der Waals surface area contributed by atoms with E-state index < -0.39 is 11.7 Å². The first-order valence-corrected chi connectivity index (χ1v) is 6.34. The lowest BCUT2D eigenvalue weighted by Gasteiger charge is -2.08. The Bertz CT molecular complexity index is 596. The van der Waals surface area contributed by atoms with E-state index in [0.29, 0.717) is 10.0 Å². The molecule has 98 valence electrons. The molecule has 0 saturated carbocycles. The Kier molecular flexibility index (Phi) is 4.27. The van der Waals surface area contributed by atoms with E-state index >= 15 is 0 Å². The molecule has 2 aromatic rings. The van der Waals surface area contributed by atoms with Gasteiger partial charge in [0.05, 0.1) is 5.56 Å². The predicted molar refractivity (Wildman–Crippen MR) is 71.7 cm³/mol. The zero-order valence-electron chi connectivity index (χ0n) is 9.79. The van der Waals surface area contributed by atoms with Gasteiger partial charge in [0.1, 0.15) is 11.6 Å². The predicted octanol–water partition coefficient (Wildman–Crippen LogP) is 3.66. The van der Waals surface area contributed by atoms with Gasteiger partial charge in [0.25, 0.3) is 5.91 Å². The van der Waals surface area contributed by atoms with E-state index in [1.807, 2.05) is 0 Å². The number of amides is 1. The van der Waals surface area contributed by atoms with Crippen molar-refractivity contribution in [1.29, 1.82) is 0 Å². The SMILES string of the molecule is O=C(NCc1cccc(F)c1)c1c(F)cccc1Br. The molecular weight excluding hydrogens is 316 g/mol. The van der Waals surface area contributed by atoms with Crippen molar-refractivity contribution in [3.05, 3.63) is 69.7 Å². The molecule has 0 aromatic heterocycles. The normalized spacial score (nSPS) is 10.3. The summed E-state index contributed by atoms with van der Waals surface area (Å²) in [5.74, 6) is -1.53. The highest BCUT2D eigenvalue weighted by Crippen LogP contribution is 2.19. The van der Waals surface area contributed by atoms with E-state index in [1.165, 1.54) is 24.3 Å². The number of hydrogen-bond donors (Lipinski definition) is 1. The fourth-order valence-electron chi connectivity index (χ4n) is 1.63. The summed E-state index contributed by atoms with van der Waals surface area (Å²) in [5.41, 5.74) is 0.555. The van der Waals surface area contributed by atoms with Gasteiger partial charge in [0, 0.05) is 11.0 Å². The highest BCUT2D eigenvalue weighted by atomic mass is 79.9.